The molecule has 36 heavy (non-hydrogen) atoms. The van der Waals surface area contributed by atoms with Crippen LogP contribution in [-0.4, -0.2) is 59.2 Å². The molecule has 3 aromatic rings. The molecule has 1 fully saturated rings. The highest BCUT2D eigenvalue weighted by atomic mass is 32.2. The highest BCUT2D eigenvalue weighted by molar-refractivity contribution is 7.99. The number of aromatic nitrogens is 1. The van der Waals surface area contributed by atoms with Gasteiger partial charge in [0.05, 0.1) is 18.5 Å². The highest BCUT2D eigenvalue weighted by Crippen LogP contribution is 2.31. The summed E-state index contributed by atoms with van der Waals surface area (Å²) in [5, 5.41) is 10.6. The van der Waals surface area contributed by atoms with Crippen molar-refractivity contribution in [1.82, 2.24) is 9.88 Å². The number of hydrogen-bond acceptors (Lipinski definition) is 6. The summed E-state index contributed by atoms with van der Waals surface area (Å²) in [6, 6.07) is 10.5. The number of halogens is 2. The number of methoxy groups -OCH3 is 1. The summed E-state index contributed by atoms with van der Waals surface area (Å²) in [6.45, 7) is 1.72. The van der Waals surface area contributed by atoms with Crippen LogP contribution in [-0.2, 0) is 4.79 Å². The molecule has 1 aliphatic rings. The standard InChI is InChI=1S/C27H28F2N2O4S/c1-35-20-3-4-25-23(15-20)22(6-8-30-25)26(32)5-2-17-7-9-31(16-24(17)27(33)34)10-11-36-21-13-18(28)12-19(29)14-21/h3-4,6,8,12-15,17,24H,2,5,7,9-11,16H2,1H3,(H,33,34)/t17-,24+/m0/s1. The monoisotopic (exact) mass is 514 g/mol. The first-order chi connectivity index (χ1) is 17.3. The molecule has 9 heteroatoms. The van der Waals surface area contributed by atoms with Gasteiger partial charge in [0.2, 0.25) is 0 Å². The summed E-state index contributed by atoms with van der Waals surface area (Å²) >= 11 is 1.34. The molecule has 1 saturated heterocycles. The fourth-order valence-electron chi connectivity index (χ4n) is 4.75. The Hall–Kier alpha value is -3.04. The van der Waals surface area contributed by atoms with Crippen LogP contribution < -0.4 is 4.74 Å². The number of carbonyl (C=O) groups excluding carboxylic acids is 1. The van der Waals surface area contributed by atoms with Crippen LogP contribution >= 0.6 is 11.8 Å². The third kappa shape index (κ3) is 6.39. The van der Waals surface area contributed by atoms with E-state index >= 15 is 0 Å². The molecule has 2 heterocycles. The number of thioether (sulfide) groups is 1. The van der Waals surface area contributed by atoms with E-state index in [1.54, 1.807) is 31.5 Å². The molecule has 1 N–H and O–H groups in total. The fraction of sp³-hybridized carbons (Fsp3) is 0.370. The minimum absolute atomic E-state index is 0.0408. The van der Waals surface area contributed by atoms with Gasteiger partial charge in [-0.1, -0.05) is 0 Å². The topological polar surface area (TPSA) is 79.7 Å². The quantitative estimate of drug-likeness (QED) is 0.291. The Labute approximate surface area is 212 Å². The first-order valence-electron chi connectivity index (χ1n) is 11.8. The van der Waals surface area contributed by atoms with Crippen molar-refractivity contribution in [3.8, 4) is 5.75 Å². The molecule has 0 radical (unpaired) electrons. The molecule has 0 unspecified atom stereocenters. The largest absolute Gasteiger partial charge is 0.497 e. The second-order valence-corrected chi connectivity index (χ2v) is 10.1. The van der Waals surface area contributed by atoms with Gasteiger partial charge < -0.3 is 14.7 Å². The Kier molecular flexibility index (Phi) is 8.53. The second-order valence-electron chi connectivity index (χ2n) is 8.95. The van der Waals surface area contributed by atoms with Gasteiger partial charge in [-0.15, -0.1) is 11.8 Å². The minimum Gasteiger partial charge on any atom is -0.497 e. The molecular weight excluding hydrogens is 486 g/mol. The number of pyridine rings is 1. The summed E-state index contributed by atoms with van der Waals surface area (Å²) in [4.78, 5) is 32.0. The molecule has 1 aromatic heterocycles. The van der Waals surface area contributed by atoms with Gasteiger partial charge >= 0.3 is 5.97 Å². The van der Waals surface area contributed by atoms with Crippen LogP contribution in [0.1, 0.15) is 29.6 Å². The van der Waals surface area contributed by atoms with Crippen LogP contribution in [0.15, 0.2) is 53.6 Å². The van der Waals surface area contributed by atoms with E-state index in [1.807, 2.05) is 6.07 Å². The van der Waals surface area contributed by atoms with Crippen molar-refractivity contribution in [3.05, 3.63) is 65.9 Å². The normalized spacial score (nSPS) is 18.3. The number of piperidine rings is 1. The second kappa shape index (κ2) is 11.8. The predicted octanol–water partition coefficient (Wildman–Crippen LogP) is 5.30. The smallest absolute Gasteiger partial charge is 0.308 e. The number of aliphatic carboxylic acids is 1. The van der Waals surface area contributed by atoms with Gasteiger partial charge in [-0.25, -0.2) is 8.78 Å². The number of carboxylic acids is 1. The van der Waals surface area contributed by atoms with Crippen molar-refractivity contribution in [2.45, 2.75) is 24.2 Å². The maximum atomic E-state index is 13.4. The molecular formula is C27H28F2N2O4S. The number of benzene rings is 2. The Morgan fingerprint density at radius 2 is 1.94 bits per heavy atom. The number of carbonyl (C=O) groups is 2. The maximum absolute atomic E-state index is 13.4. The van der Waals surface area contributed by atoms with Crippen LogP contribution in [0, 0.1) is 23.5 Å². The maximum Gasteiger partial charge on any atom is 0.308 e. The molecule has 0 bridgehead atoms. The number of likely N-dealkylation sites (tertiary alicyclic amines) is 1. The molecule has 0 aliphatic carbocycles. The Bertz CT molecular complexity index is 1240. The van der Waals surface area contributed by atoms with Crippen LogP contribution in [0.4, 0.5) is 8.78 Å². The van der Waals surface area contributed by atoms with Gasteiger partial charge in [0.1, 0.15) is 17.4 Å². The lowest BCUT2D eigenvalue weighted by molar-refractivity contribution is -0.146. The molecule has 2 aromatic carbocycles. The van der Waals surface area contributed by atoms with Gasteiger partial charge in [-0.3, -0.25) is 14.6 Å². The third-order valence-electron chi connectivity index (χ3n) is 6.66. The number of ketones is 1. The number of hydrogen-bond donors (Lipinski definition) is 1. The number of ether oxygens (including phenoxy) is 1. The SMILES string of the molecule is COc1ccc2nccc(C(=O)CC[C@H]3CCN(CCSc4cc(F)cc(F)c4)C[C@H]3C(=O)O)c2c1. The van der Waals surface area contributed by atoms with Crippen LogP contribution in [0.3, 0.4) is 0 Å². The molecule has 0 amide bonds. The van der Waals surface area contributed by atoms with Gasteiger partial charge in [0, 0.05) is 53.4 Å². The van der Waals surface area contributed by atoms with Crippen molar-refractivity contribution in [2.24, 2.45) is 11.8 Å². The lowest BCUT2D eigenvalue weighted by atomic mass is 9.81. The lowest BCUT2D eigenvalue weighted by Crippen LogP contribution is -2.44. The van der Waals surface area contributed by atoms with Gasteiger partial charge in [0.25, 0.3) is 0 Å². The number of nitrogens with zero attached hydrogens (tertiary/aromatic N) is 2. The van der Waals surface area contributed by atoms with E-state index < -0.39 is 23.5 Å². The molecule has 2 atom stereocenters. The van der Waals surface area contributed by atoms with Gasteiger partial charge in [-0.2, -0.15) is 0 Å². The van der Waals surface area contributed by atoms with Crippen molar-refractivity contribution in [2.75, 3.05) is 32.5 Å². The summed E-state index contributed by atoms with van der Waals surface area (Å²) in [7, 11) is 1.57. The van der Waals surface area contributed by atoms with E-state index in [2.05, 4.69) is 9.88 Å². The Morgan fingerprint density at radius 1 is 1.17 bits per heavy atom. The Morgan fingerprint density at radius 3 is 2.67 bits per heavy atom. The predicted molar refractivity (Wildman–Crippen MR) is 135 cm³/mol. The molecule has 0 saturated carbocycles. The van der Waals surface area contributed by atoms with E-state index in [1.165, 1.54) is 23.9 Å². The highest BCUT2D eigenvalue weighted by Gasteiger charge is 2.34. The fourth-order valence-corrected chi connectivity index (χ4v) is 5.72. The van der Waals surface area contributed by atoms with Crippen molar-refractivity contribution in [1.29, 1.82) is 0 Å². The first kappa shape index (κ1) is 26.0. The minimum atomic E-state index is -0.865. The molecule has 6 nitrogen and oxygen atoms in total. The van der Waals surface area contributed by atoms with E-state index in [4.69, 9.17) is 4.74 Å². The van der Waals surface area contributed by atoms with Gasteiger partial charge in [-0.05, 0) is 61.7 Å². The van der Waals surface area contributed by atoms with Crippen LogP contribution in [0.5, 0.6) is 5.75 Å². The average Bonchev–Trinajstić information content (AvgIpc) is 2.86. The zero-order valence-electron chi connectivity index (χ0n) is 20.0. The molecule has 1 aliphatic heterocycles. The molecule has 4 rings (SSSR count). The van der Waals surface area contributed by atoms with Crippen LogP contribution in [0.2, 0.25) is 0 Å². The van der Waals surface area contributed by atoms with Gasteiger partial charge in [0.15, 0.2) is 5.78 Å². The average molecular weight is 515 g/mol. The number of carboxylic acid groups (broad SMARTS) is 1. The number of Topliss-reactive ketones (excluding diaryl/α,β-unsaturated/α-hetero) is 1. The third-order valence-corrected chi connectivity index (χ3v) is 7.62. The van der Waals surface area contributed by atoms with Crippen molar-refractivity contribution < 1.29 is 28.2 Å². The molecule has 190 valence electrons. The molecule has 0 spiro atoms. The lowest BCUT2D eigenvalue weighted by Gasteiger charge is -2.36. The number of fused-ring (bicyclic) bond motifs is 1. The zero-order chi connectivity index (χ0) is 25.7. The summed E-state index contributed by atoms with van der Waals surface area (Å²) in [6.07, 6.45) is 3.03. The van der Waals surface area contributed by atoms with E-state index in [0.717, 1.165) is 18.0 Å². The summed E-state index contributed by atoms with van der Waals surface area (Å²) in [5.41, 5.74) is 1.27. The number of rotatable bonds is 10. The first-order valence-corrected chi connectivity index (χ1v) is 12.8. The van der Waals surface area contributed by atoms with Crippen LogP contribution in [0.25, 0.3) is 10.9 Å². The Balaban J connectivity index is 1.33. The van der Waals surface area contributed by atoms with E-state index in [0.29, 0.717) is 53.4 Å². The summed E-state index contributed by atoms with van der Waals surface area (Å²) < 4.78 is 32.0. The van der Waals surface area contributed by atoms with E-state index in [-0.39, 0.29) is 18.1 Å². The van der Waals surface area contributed by atoms with Crippen molar-refractivity contribution >= 4 is 34.4 Å². The van der Waals surface area contributed by atoms with E-state index in [9.17, 15) is 23.5 Å². The van der Waals surface area contributed by atoms with Crippen molar-refractivity contribution in [3.63, 3.8) is 0 Å². The zero-order valence-corrected chi connectivity index (χ0v) is 20.8. The summed E-state index contributed by atoms with van der Waals surface area (Å²) in [5.74, 6) is -1.57.